The maximum Gasteiger partial charge on any atom is 0.238 e. The summed E-state index contributed by atoms with van der Waals surface area (Å²) in [4.78, 5) is 37.1. The number of hydrogen-bond acceptors (Lipinski definition) is 3. The van der Waals surface area contributed by atoms with E-state index in [4.69, 9.17) is 0 Å². The Morgan fingerprint density at radius 3 is 2.13 bits per heavy atom. The maximum absolute atomic E-state index is 14.3. The van der Waals surface area contributed by atoms with E-state index in [-0.39, 0.29) is 24.9 Å². The van der Waals surface area contributed by atoms with Gasteiger partial charge in [0.1, 0.15) is 12.6 Å². The molecule has 166 valence electrons. The third-order valence-corrected chi connectivity index (χ3v) is 4.56. The summed E-state index contributed by atoms with van der Waals surface area (Å²) in [6.07, 6.45) is -2.49. The Morgan fingerprint density at radius 1 is 0.935 bits per heavy atom. The molecule has 2 aromatic rings. The van der Waals surface area contributed by atoms with Crippen LogP contribution in [0.4, 0.5) is 22.0 Å². The lowest BCUT2D eigenvalue weighted by Crippen LogP contribution is -2.38. The number of carbonyl (C=O) groups excluding carboxylic acids is 3. The lowest BCUT2D eigenvalue weighted by atomic mass is 10.1. The molecule has 1 atom stereocenters. The molecule has 1 unspecified atom stereocenters. The van der Waals surface area contributed by atoms with E-state index in [1.54, 1.807) is 0 Å². The first-order valence-electron chi connectivity index (χ1n) is 9.14. The van der Waals surface area contributed by atoms with Crippen LogP contribution in [-0.4, -0.2) is 48.2 Å². The number of carbonyl (C=O) groups is 3. The molecular formula is C21H19F5N2O3. The van der Waals surface area contributed by atoms with Gasteiger partial charge < -0.3 is 4.90 Å². The molecule has 0 saturated carbocycles. The van der Waals surface area contributed by atoms with Crippen LogP contribution >= 0.6 is 0 Å². The average Bonchev–Trinajstić information content (AvgIpc) is 2.74. The van der Waals surface area contributed by atoms with Crippen molar-refractivity contribution in [1.82, 2.24) is 9.80 Å². The van der Waals surface area contributed by atoms with Crippen molar-refractivity contribution in [2.75, 3.05) is 20.1 Å². The number of amides is 3. The normalized spacial score (nSPS) is 11.7. The van der Waals surface area contributed by atoms with Gasteiger partial charge in [0.25, 0.3) is 0 Å². The van der Waals surface area contributed by atoms with Gasteiger partial charge in [-0.25, -0.2) is 22.0 Å². The summed E-state index contributed by atoms with van der Waals surface area (Å²) in [5, 5.41) is 0. The average molecular weight is 442 g/mol. The van der Waals surface area contributed by atoms with Crippen LogP contribution in [0.1, 0.15) is 23.7 Å². The highest BCUT2D eigenvalue weighted by Gasteiger charge is 2.23. The van der Waals surface area contributed by atoms with E-state index in [1.807, 2.05) is 0 Å². The van der Waals surface area contributed by atoms with E-state index in [0.29, 0.717) is 16.5 Å². The fourth-order valence-electron chi connectivity index (χ4n) is 2.67. The number of rotatable bonds is 9. The summed E-state index contributed by atoms with van der Waals surface area (Å²) in [7, 11) is 1.37. The van der Waals surface area contributed by atoms with Crippen molar-refractivity contribution < 1.29 is 36.3 Å². The summed E-state index contributed by atoms with van der Waals surface area (Å²) < 4.78 is 66.7. The molecule has 0 spiro atoms. The summed E-state index contributed by atoms with van der Waals surface area (Å²) in [5.41, 5.74) is 0.166. The van der Waals surface area contributed by atoms with Crippen LogP contribution in [0.3, 0.4) is 0 Å². The molecule has 31 heavy (non-hydrogen) atoms. The standard InChI is InChI=1S/C21H19F5N2O3/c1-27(7-6-13-2-4-15(22)17(24)8-13)20(30)10-21(31)28(12-29)11-19(26)14-3-5-16(23)18(25)9-14/h2-5,8-9,12,19H,6-7,10-11H2,1H3. The van der Waals surface area contributed by atoms with E-state index >= 15 is 0 Å². The Hall–Kier alpha value is -3.30. The first-order valence-corrected chi connectivity index (χ1v) is 9.14. The minimum Gasteiger partial charge on any atom is -0.345 e. The molecule has 2 aromatic carbocycles. The van der Waals surface area contributed by atoms with Crippen molar-refractivity contribution >= 4 is 18.2 Å². The maximum atomic E-state index is 14.3. The Kier molecular flexibility index (Phi) is 8.23. The summed E-state index contributed by atoms with van der Waals surface area (Å²) >= 11 is 0. The van der Waals surface area contributed by atoms with Gasteiger partial charge in [0.15, 0.2) is 23.3 Å². The molecular weight excluding hydrogens is 423 g/mol. The van der Waals surface area contributed by atoms with Gasteiger partial charge >= 0.3 is 0 Å². The summed E-state index contributed by atoms with van der Waals surface area (Å²) in [5.74, 6) is -6.13. The number of hydrogen-bond donors (Lipinski definition) is 0. The van der Waals surface area contributed by atoms with Crippen molar-refractivity contribution in [2.45, 2.75) is 19.0 Å². The monoisotopic (exact) mass is 442 g/mol. The molecule has 0 aliphatic rings. The number of alkyl halides is 1. The van der Waals surface area contributed by atoms with E-state index in [2.05, 4.69) is 0 Å². The van der Waals surface area contributed by atoms with Crippen LogP contribution in [0, 0.1) is 23.3 Å². The second-order valence-corrected chi connectivity index (χ2v) is 6.78. The lowest BCUT2D eigenvalue weighted by Gasteiger charge is -2.21. The minimum atomic E-state index is -1.98. The third kappa shape index (κ3) is 6.59. The highest BCUT2D eigenvalue weighted by Crippen LogP contribution is 2.21. The van der Waals surface area contributed by atoms with Crippen molar-refractivity contribution in [3.05, 3.63) is 70.8 Å². The molecule has 0 N–H and O–H groups in total. The topological polar surface area (TPSA) is 57.7 Å². The van der Waals surface area contributed by atoms with Gasteiger partial charge in [-0.15, -0.1) is 0 Å². The first kappa shape index (κ1) is 24.0. The number of nitrogens with zero attached hydrogens (tertiary/aromatic N) is 2. The Bertz CT molecular complexity index is 970. The van der Waals surface area contributed by atoms with Crippen molar-refractivity contribution in [3.8, 4) is 0 Å². The molecule has 3 amide bonds. The van der Waals surface area contributed by atoms with Crippen molar-refractivity contribution in [1.29, 1.82) is 0 Å². The number of benzene rings is 2. The zero-order valence-corrected chi connectivity index (χ0v) is 16.5. The van der Waals surface area contributed by atoms with Crippen molar-refractivity contribution in [3.63, 3.8) is 0 Å². The number of likely N-dealkylation sites (N-methyl/N-ethyl adjacent to an activating group) is 1. The SMILES string of the molecule is CN(CCc1ccc(F)c(F)c1)C(=O)CC(=O)N(C=O)CC(F)c1ccc(F)c(F)c1. The van der Waals surface area contributed by atoms with Crippen LogP contribution in [0.15, 0.2) is 36.4 Å². The molecule has 2 rings (SSSR count). The minimum absolute atomic E-state index is 0.0450. The first-order chi connectivity index (χ1) is 14.6. The quantitative estimate of drug-likeness (QED) is 0.340. The summed E-state index contributed by atoms with van der Waals surface area (Å²) in [6, 6.07) is 5.62. The molecule has 0 fully saturated rings. The number of imide groups is 1. The summed E-state index contributed by atoms with van der Waals surface area (Å²) in [6.45, 7) is -0.696. The molecule has 0 aromatic heterocycles. The van der Waals surface area contributed by atoms with Crippen LogP contribution in [0.5, 0.6) is 0 Å². The second-order valence-electron chi connectivity index (χ2n) is 6.78. The molecule has 0 radical (unpaired) electrons. The van der Waals surface area contributed by atoms with Gasteiger partial charge in [-0.3, -0.25) is 19.3 Å². The smallest absolute Gasteiger partial charge is 0.238 e. The Balaban J connectivity index is 1.91. The molecule has 5 nitrogen and oxygen atoms in total. The van der Waals surface area contributed by atoms with Gasteiger partial charge in [-0.1, -0.05) is 12.1 Å². The largest absolute Gasteiger partial charge is 0.345 e. The van der Waals surface area contributed by atoms with Gasteiger partial charge in [-0.05, 0) is 41.8 Å². The van der Waals surface area contributed by atoms with Crippen LogP contribution in [0.2, 0.25) is 0 Å². The Morgan fingerprint density at radius 2 is 1.55 bits per heavy atom. The van der Waals surface area contributed by atoms with E-state index in [0.717, 1.165) is 29.2 Å². The highest BCUT2D eigenvalue weighted by atomic mass is 19.2. The zero-order chi connectivity index (χ0) is 23.1. The predicted molar refractivity (Wildman–Crippen MR) is 100 cm³/mol. The van der Waals surface area contributed by atoms with E-state index < -0.39 is 54.2 Å². The molecule has 0 bridgehead atoms. The predicted octanol–water partition coefficient (Wildman–Crippen LogP) is 3.33. The molecule has 0 aliphatic carbocycles. The van der Waals surface area contributed by atoms with Gasteiger partial charge in [0.2, 0.25) is 18.2 Å². The fourth-order valence-corrected chi connectivity index (χ4v) is 2.67. The lowest BCUT2D eigenvalue weighted by molar-refractivity contribution is -0.143. The van der Waals surface area contributed by atoms with Gasteiger partial charge in [-0.2, -0.15) is 0 Å². The zero-order valence-electron chi connectivity index (χ0n) is 16.5. The fraction of sp³-hybridized carbons (Fsp3) is 0.286. The van der Waals surface area contributed by atoms with Gasteiger partial charge in [0, 0.05) is 13.6 Å². The molecule has 0 aliphatic heterocycles. The molecule has 10 heteroatoms. The molecule has 0 saturated heterocycles. The van der Waals surface area contributed by atoms with Crippen LogP contribution < -0.4 is 0 Å². The van der Waals surface area contributed by atoms with Crippen LogP contribution in [0.25, 0.3) is 0 Å². The van der Waals surface area contributed by atoms with Crippen LogP contribution in [-0.2, 0) is 20.8 Å². The van der Waals surface area contributed by atoms with Gasteiger partial charge in [0.05, 0.1) is 6.54 Å². The van der Waals surface area contributed by atoms with Crippen molar-refractivity contribution in [2.24, 2.45) is 0 Å². The Labute approximate surface area is 175 Å². The highest BCUT2D eigenvalue weighted by molar-refractivity contribution is 6.00. The van der Waals surface area contributed by atoms with E-state index in [1.165, 1.54) is 13.1 Å². The third-order valence-electron chi connectivity index (χ3n) is 4.56. The van der Waals surface area contributed by atoms with E-state index in [9.17, 15) is 36.3 Å². The number of halogens is 5. The molecule has 0 heterocycles. The second kappa shape index (κ2) is 10.6.